The molecule has 0 bridgehead atoms. The van der Waals surface area contributed by atoms with Gasteiger partial charge in [0.1, 0.15) is 12.9 Å². The Hall–Kier alpha value is -1.50. The lowest BCUT2D eigenvalue weighted by molar-refractivity contribution is -0.135. The summed E-state index contributed by atoms with van der Waals surface area (Å²) in [5.41, 5.74) is 0.317. The van der Waals surface area contributed by atoms with E-state index in [2.05, 4.69) is 4.98 Å². The Morgan fingerprint density at radius 2 is 1.90 bits per heavy atom. The summed E-state index contributed by atoms with van der Waals surface area (Å²) >= 11 is 0. The first kappa shape index (κ1) is 20.8. The number of carbonyl (C=O) groups is 1. The van der Waals surface area contributed by atoms with Crippen LogP contribution in [0.1, 0.15) is 0 Å². The summed E-state index contributed by atoms with van der Waals surface area (Å²) in [6, 6.07) is 6.93. The second-order valence-electron chi connectivity index (χ2n) is 3.62. The summed E-state index contributed by atoms with van der Waals surface area (Å²) in [5.74, 6) is -1.01. The number of benzene rings is 1. The number of rotatable bonds is 3. The zero-order valence-electron chi connectivity index (χ0n) is 10.4. The van der Waals surface area contributed by atoms with Crippen molar-refractivity contribution in [3.05, 3.63) is 40.9 Å². The Balaban J connectivity index is 0. The smallest absolute Gasteiger partial charge is 0.324 e. The van der Waals surface area contributed by atoms with E-state index in [-0.39, 0.29) is 49.3 Å². The highest BCUT2D eigenvalue weighted by Crippen LogP contribution is 2.04. The number of carboxylic acids is 1. The molecule has 112 valence electrons. The molecule has 0 aliphatic heterocycles. The molecule has 6 nitrogen and oxygen atoms in total. The van der Waals surface area contributed by atoms with Crippen molar-refractivity contribution in [2.24, 2.45) is 0 Å². The predicted molar refractivity (Wildman–Crippen MR) is 84.4 cm³/mol. The standard InChI is InChI=1S/C11H11N3O3.3ClH/c1-13(6-10(15)16)14-7-12-9-5-3-2-4-8(9)11(14)17;;;/h2-5,7H,6H2,1H3,(H,15,16);3*1H. The first-order valence-electron chi connectivity index (χ1n) is 4.99. The summed E-state index contributed by atoms with van der Waals surface area (Å²) < 4.78 is 1.19. The van der Waals surface area contributed by atoms with Gasteiger partial charge in [0.2, 0.25) is 0 Å². The minimum Gasteiger partial charge on any atom is -0.480 e. The molecule has 0 saturated heterocycles. The number of aliphatic carboxylic acids is 1. The second kappa shape index (κ2) is 8.63. The molecule has 9 heteroatoms. The molecule has 1 aromatic carbocycles. The molecular weight excluding hydrogens is 328 g/mol. The number of hydrogen-bond donors (Lipinski definition) is 1. The van der Waals surface area contributed by atoms with E-state index in [4.69, 9.17) is 5.11 Å². The molecule has 1 aromatic heterocycles. The number of aromatic nitrogens is 2. The van der Waals surface area contributed by atoms with Crippen LogP contribution in [0.5, 0.6) is 0 Å². The van der Waals surface area contributed by atoms with E-state index < -0.39 is 5.97 Å². The van der Waals surface area contributed by atoms with Crippen molar-refractivity contribution in [3.8, 4) is 0 Å². The maximum atomic E-state index is 12.0. The summed E-state index contributed by atoms with van der Waals surface area (Å²) in [6.45, 7) is -0.264. The molecule has 0 unspecified atom stereocenters. The zero-order chi connectivity index (χ0) is 12.4. The maximum absolute atomic E-state index is 12.0. The molecule has 0 fully saturated rings. The second-order valence-corrected chi connectivity index (χ2v) is 3.62. The highest BCUT2D eigenvalue weighted by Gasteiger charge is 2.09. The van der Waals surface area contributed by atoms with Gasteiger partial charge in [0.05, 0.1) is 10.9 Å². The number of hydrogen-bond acceptors (Lipinski definition) is 4. The van der Waals surface area contributed by atoms with Gasteiger partial charge in [-0.1, -0.05) is 12.1 Å². The van der Waals surface area contributed by atoms with Gasteiger partial charge in [-0.05, 0) is 12.1 Å². The summed E-state index contributed by atoms with van der Waals surface area (Å²) in [6.07, 6.45) is 1.33. The van der Waals surface area contributed by atoms with Crippen molar-refractivity contribution in [3.63, 3.8) is 0 Å². The first-order chi connectivity index (χ1) is 8.09. The third kappa shape index (κ3) is 4.26. The van der Waals surface area contributed by atoms with Crippen LogP contribution in [0.25, 0.3) is 10.9 Å². The van der Waals surface area contributed by atoms with E-state index in [0.717, 1.165) is 0 Å². The molecule has 0 aliphatic rings. The van der Waals surface area contributed by atoms with Gasteiger partial charge in [-0.25, -0.2) is 9.66 Å². The molecule has 0 radical (unpaired) electrons. The van der Waals surface area contributed by atoms with Gasteiger partial charge in [-0.15, -0.1) is 37.2 Å². The van der Waals surface area contributed by atoms with Gasteiger partial charge in [-0.3, -0.25) is 9.59 Å². The van der Waals surface area contributed by atoms with E-state index in [1.165, 1.54) is 23.1 Å². The summed E-state index contributed by atoms with van der Waals surface area (Å²) in [7, 11) is 1.52. The Morgan fingerprint density at radius 3 is 2.50 bits per heavy atom. The van der Waals surface area contributed by atoms with E-state index in [1.807, 2.05) is 0 Å². The van der Waals surface area contributed by atoms with Crippen LogP contribution in [0.2, 0.25) is 0 Å². The van der Waals surface area contributed by atoms with Crippen LogP contribution in [0.4, 0.5) is 0 Å². The molecule has 0 atom stereocenters. The van der Waals surface area contributed by atoms with Crippen LogP contribution < -0.4 is 10.6 Å². The fourth-order valence-electron chi connectivity index (χ4n) is 1.57. The van der Waals surface area contributed by atoms with Gasteiger partial charge in [0.25, 0.3) is 5.56 Å². The summed E-state index contributed by atoms with van der Waals surface area (Å²) in [4.78, 5) is 26.7. The van der Waals surface area contributed by atoms with Gasteiger partial charge in [0.15, 0.2) is 0 Å². The number of nitrogens with zero attached hydrogens (tertiary/aromatic N) is 3. The average molecular weight is 343 g/mol. The fraction of sp³-hybridized carbons (Fsp3) is 0.182. The van der Waals surface area contributed by atoms with Gasteiger partial charge >= 0.3 is 5.97 Å². The number of fused-ring (bicyclic) bond motifs is 1. The highest BCUT2D eigenvalue weighted by atomic mass is 35.5. The SMILES string of the molecule is CN(CC(=O)O)n1cnc2ccccc2c1=O.Cl.Cl.Cl. The minimum atomic E-state index is -1.01. The van der Waals surface area contributed by atoms with Crippen LogP contribution in [0.15, 0.2) is 35.4 Å². The Kier molecular flexibility index (Phi) is 8.98. The lowest BCUT2D eigenvalue weighted by Gasteiger charge is -2.18. The molecule has 0 amide bonds. The van der Waals surface area contributed by atoms with E-state index in [9.17, 15) is 9.59 Å². The number of carboxylic acid groups (broad SMARTS) is 1. The molecule has 20 heavy (non-hydrogen) atoms. The fourth-order valence-corrected chi connectivity index (χ4v) is 1.57. The van der Waals surface area contributed by atoms with Crippen molar-refractivity contribution in [1.29, 1.82) is 0 Å². The molecular formula is C11H14Cl3N3O3. The largest absolute Gasteiger partial charge is 0.480 e. The van der Waals surface area contributed by atoms with Crippen LogP contribution in [0, 0.1) is 0 Å². The lowest BCUT2D eigenvalue weighted by atomic mass is 10.2. The lowest BCUT2D eigenvalue weighted by Crippen LogP contribution is -2.42. The molecule has 0 aliphatic carbocycles. The summed E-state index contributed by atoms with van der Waals surface area (Å²) in [5, 5.41) is 10.4. The molecule has 2 rings (SSSR count). The van der Waals surface area contributed by atoms with Crippen molar-refractivity contribution < 1.29 is 9.90 Å². The van der Waals surface area contributed by atoms with Crippen molar-refractivity contribution >= 4 is 54.1 Å². The van der Waals surface area contributed by atoms with E-state index >= 15 is 0 Å². The van der Waals surface area contributed by atoms with E-state index in [1.54, 1.807) is 24.3 Å². The highest BCUT2D eigenvalue weighted by molar-refractivity contribution is 5.86. The quantitative estimate of drug-likeness (QED) is 0.910. The Labute approximate surface area is 133 Å². The Morgan fingerprint density at radius 1 is 1.30 bits per heavy atom. The van der Waals surface area contributed by atoms with Crippen LogP contribution >= 0.6 is 37.2 Å². The first-order valence-corrected chi connectivity index (χ1v) is 4.99. The minimum absolute atomic E-state index is 0. The molecule has 0 spiro atoms. The average Bonchev–Trinajstić information content (AvgIpc) is 2.28. The van der Waals surface area contributed by atoms with E-state index in [0.29, 0.717) is 10.9 Å². The molecule has 2 aromatic rings. The monoisotopic (exact) mass is 341 g/mol. The van der Waals surface area contributed by atoms with Crippen molar-refractivity contribution in [1.82, 2.24) is 9.66 Å². The predicted octanol–water partition coefficient (Wildman–Crippen LogP) is 1.31. The topological polar surface area (TPSA) is 75.4 Å². The van der Waals surface area contributed by atoms with Crippen LogP contribution in [-0.4, -0.2) is 34.3 Å². The molecule has 0 saturated carbocycles. The van der Waals surface area contributed by atoms with Gasteiger partial charge in [-0.2, -0.15) is 0 Å². The molecule has 1 heterocycles. The van der Waals surface area contributed by atoms with Gasteiger partial charge in [0, 0.05) is 7.05 Å². The van der Waals surface area contributed by atoms with Crippen LogP contribution in [0.3, 0.4) is 0 Å². The normalized spacial score (nSPS) is 8.85. The van der Waals surface area contributed by atoms with Gasteiger partial charge < -0.3 is 10.1 Å². The van der Waals surface area contributed by atoms with Crippen LogP contribution in [-0.2, 0) is 4.79 Å². The third-order valence-electron chi connectivity index (χ3n) is 2.38. The maximum Gasteiger partial charge on any atom is 0.324 e. The van der Waals surface area contributed by atoms with Crippen molar-refractivity contribution in [2.75, 3.05) is 18.6 Å². The zero-order valence-corrected chi connectivity index (χ0v) is 12.9. The number of likely N-dealkylation sites (N-methyl/N-ethyl adjacent to an activating group) is 1. The van der Waals surface area contributed by atoms with Crippen molar-refractivity contribution in [2.45, 2.75) is 0 Å². The molecule has 1 N–H and O–H groups in total. The number of halogens is 3. The number of para-hydroxylation sites is 1. The third-order valence-corrected chi connectivity index (χ3v) is 2.38. The Bertz CT molecular complexity index is 633.